The lowest BCUT2D eigenvalue weighted by Gasteiger charge is -2.36. The van der Waals surface area contributed by atoms with Gasteiger partial charge in [0.2, 0.25) is 0 Å². The first-order valence-corrected chi connectivity index (χ1v) is 11.8. The molecule has 1 amide bonds. The van der Waals surface area contributed by atoms with E-state index in [0.717, 1.165) is 23.9 Å². The number of furan rings is 1. The molecule has 0 aliphatic carbocycles. The van der Waals surface area contributed by atoms with Crippen molar-refractivity contribution in [3.05, 3.63) is 64.3 Å². The molecule has 1 fully saturated rings. The zero-order chi connectivity index (χ0) is 24.7. The van der Waals surface area contributed by atoms with Crippen LogP contribution in [0, 0.1) is 11.3 Å². The van der Waals surface area contributed by atoms with Crippen LogP contribution in [0.4, 0.5) is 5.69 Å². The lowest BCUT2D eigenvalue weighted by atomic mass is 10.1. The number of para-hydroxylation sites is 1. The minimum absolute atomic E-state index is 0. The van der Waals surface area contributed by atoms with Crippen molar-refractivity contribution in [3.63, 3.8) is 0 Å². The molecule has 1 aromatic carbocycles. The van der Waals surface area contributed by atoms with E-state index in [1.165, 1.54) is 6.26 Å². The molecule has 2 aromatic heterocycles. The molecule has 188 valence electrons. The van der Waals surface area contributed by atoms with Gasteiger partial charge in [0.15, 0.2) is 5.76 Å². The van der Waals surface area contributed by atoms with Gasteiger partial charge < -0.3 is 29.8 Å². The Bertz CT molecular complexity index is 1200. The lowest BCUT2D eigenvalue weighted by molar-refractivity contribution is 0.0715. The van der Waals surface area contributed by atoms with Crippen molar-refractivity contribution in [2.45, 2.75) is 26.8 Å². The maximum atomic E-state index is 13.3. The number of fused-ring (bicyclic) bond motifs is 1. The van der Waals surface area contributed by atoms with Crippen LogP contribution in [-0.4, -0.2) is 67.1 Å². The van der Waals surface area contributed by atoms with E-state index in [0.29, 0.717) is 44.2 Å². The van der Waals surface area contributed by atoms with Crippen molar-refractivity contribution in [2.24, 2.45) is 0 Å². The van der Waals surface area contributed by atoms with Gasteiger partial charge in [-0.3, -0.25) is 9.59 Å². The molecule has 0 atom stereocenters. The molecular weight excluding hydrogens is 444 g/mol. The molecule has 1 aliphatic rings. The van der Waals surface area contributed by atoms with Crippen molar-refractivity contribution in [1.29, 1.82) is 5.26 Å². The largest absolute Gasteiger partial charge is 0.459 e. The number of rotatable bonds is 6. The molecule has 0 radical (unpaired) electrons. The lowest BCUT2D eigenvalue weighted by Crippen LogP contribution is -2.49. The number of nitriles is 1. The molecule has 3 N–H and O–H groups in total. The Kier molecular flexibility index (Phi) is 10.1. The predicted molar refractivity (Wildman–Crippen MR) is 139 cm³/mol. The van der Waals surface area contributed by atoms with Gasteiger partial charge in [-0.05, 0) is 45.3 Å². The maximum Gasteiger partial charge on any atom is 0.289 e. The molecule has 0 bridgehead atoms. The summed E-state index contributed by atoms with van der Waals surface area (Å²) in [5.41, 5.74) is 1.41. The first kappa shape index (κ1) is 27.6. The van der Waals surface area contributed by atoms with Crippen LogP contribution in [0.2, 0.25) is 0 Å². The fraction of sp³-hybridized carbons (Fsp3) is 0.423. The summed E-state index contributed by atoms with van der Waals surface area (Å²) < 4.78 is 6.95. The first-order valence-electron chi connectivity index (χ1n) is 11.8. The second-order valence-electron chi connectivity index (χ2n) is 8.22. The molecule has 3 aromatic rings. The standard InChI is InChI=1S/C24H27N5O3.C2H6.H3N/c1-26(2)10-6-11-29-20-8-4-3-7-18(20)22(19(17-25)23(29)30)27-12-14-28(15-13-27)24(31)21-9-5-16-32-21;1-2;/h3-5,7-9,16H,6,10-15H2,1-2H3;1-2H3;1H3. The Morgan fingerprint density at radius 1 is 1.09 bits per heavy atom. The number of pyridine rings is 1. The Labute approximate surface area is 206 Å². The maximum absolute atomic E-state index is 13.3. The van der Waals surface area contributed by atoms with Crippen LogP contribution in [0.25, 0.3) is 10.9 Å². The van der Waals surface area contributed by atoms with E-state index in [1.54, 1.807) is 21.6 Å². The third-order valence-electron chi connectivity index (χ3n) is 5.86. The number of carbonyl (C=O) groups excluding carboxylic acids is 1. The van der Waals surface area contributed by atoms with Gasteiger partial charge in [-0.2, -0.15) is 5.26 Å². The minimum atomic E-state index is -0.256. The highest BCUT2D eigenvalue weighted by Gasteiger charge is 2.27. The molecule has 4 rings (SSSR count). The van der Waals surface area contributed by atoms with Crippen molar-refractivity contribution in [1.82, 2.24) is 20.5 Å². The molecule has 9 heteroatoms. The Morgan fingerprint density at radius 3 is 2.37 bits per heavy atom. The molecule has 9 nitrogen and oxygen atoms in total. The van der Waals surface area contributed by atoms with Crippen molar-refractivity contribution >= 4 is 22.5 Å². The van der Waals surface area contributed by atoms with Crippen LogP contribution in [0.1, 0.15) is 36.4 Å². The van der Waals surface area contributed by atoms with Gasteiger partial charge in [0.05, 0.1) is 17.5 Å². The van der Waals surface area contributed by atoms with Crippen molar-refractivity contribution < 1.29 is 9.21 Å². The fourth-order valence-corrected chi connectivity index (χ4v) is 4.28. The average molecular weight is 481 g/mol. The molecule has 0 unspecified atom stereocenters. The average Bonchev–Trinajstić information content (AvgIpc) is 3.41. The molecular formula is C26H36N6O3. The summed E-state index contributed by atoms with van der Waals surface area (Å²) in [6, 6.07) is 13.3. The number of amides is 1. The fourth-order valence-electron chi connectivity index (χ4n) is 4.28. The summed E-state index contributed by atoms with van der Waals surface area (Å²) in [6.07, 6.45) is 2.30. The van der Waals surface area contributed by atoms with Crippen LogP contribution in [-0.2, 0) is 6.54 Å². The Hall–Kier alpha value is -3.61. The molecule has 1 aliphatic heterocycles. The summed E-state index contributed by atoms with van der Waals surface area (Å²) >= 11 is 0. The van der Waals surface area contributed by atoms with Crippen LogP contribution >= 0.6 is 0 Å². The number of hydrogen-bond acceptors (Lipinski definition) is 7. The van der Waals surface area contributed by atoms with E-state index in [4.69, 9.17) is 4.42 Å². The number of nitrogens with zero attached hydrogens (tertiary/aromatic N) is 5. The molecule has 35 heavy (non-hydrogen) atoms. The normalized spacial score (nSPS) is 13.1. The third kappa shape index (κ3) is 5.91. The van der Waals surface area contributed by atoms with E-state index in [9.17, 15) is 14.9 Å². The quantitative estimate of drug-likeness (QED) is 0.572. The van der Waals surface area contributed by atoms with E-state index in [-0.39, 0.29) is 23.2 Å². The summed E-state index contributed by atoms with van der Waals surface area (Å²) in [5, 5.41) is 10.8. The third-order valence-corrected chi connectivity index (χ3v) is 5.86. The van der Waals surface area contributed by atoms with Crippen LogP contribution in [0.5, 0.6) is 0 Å². The molecule has 3 heterocycles. The number of benzene rings is 1. The summed E-state index contributed by atoms with van der Waals surface area (Å²) in [4.78, 5) is 31.8. The van der Waals surface area contributed by atoms with Crippen LogP contribution in [0.3, 0.4) is 0 Å². The zero-order valence-electron chi connectivity index (χ0n) is 21.2. The van der Waals surface area contributed by atoms with Gasteiger partial charge in [0.1, 0.15) is 11.6 Å². The van der Waals surface area contributed by atoms with Gasteiger partial charge in [0.25, 0.3) is 11.5 Å². The second kappa shape index (κ2) is 12.7. The first-order chi connectivity index (χ1) is 16.5. The van der Waals surface area contributed by atoms with Crippen molar-refractivity contribution in [2.75, 3.05) is 51.7 Å². The van der Waals surface area contributed by atoms with Gasteiger partial charge in [0, 0.05) is 38.1 Å². The zero-order valence-corrected chi connectivity index (χ0v) is 21.2. The smallest absolute Gasteiger partial charge is 0.289 e. The van der Waals surface area contributed by atoms with Crippen LogP contribution in [0.15, 0.2) is 51.9 Å². The Morgan fingerprint density at radius 2 is 1.77 bits per heavy atom. The van der Waals surface area contributed by atoms with Gasteiger partial charge in [-0.15, -0.1) is 0 Å². The number of piperazine rings is 1. The number of anilines is 1. The van der Waals surface area contributed by atoms with E-state index in [2.05, 4.69) is 15.9 Å². The van der Waals surface area contributed by atoms with E-state index >= 15 is 0 Å². The van der Waals surface area contributed by atoms with Gasteiger partial charge in [-0.25, -0.2) is 0 Å². The highest BCUT2D eigenvalue weighted by Crippen LogP contribution is 2.30. The van der Waals surface area contributed by atoms with E-state index < -0.39 is 0 Å². The topological polar surface area (TPSA) is 121 Å². The van der Waals surface area contributed by atoms with Gasteiger partial charge in [-0.1, -0.05) is 32.0 Å². The van der Waals surface area contributed by atoms with Gasteiger partial charge >= 0.3 is 0 Å². The summed E-state index contributed by atoms with van der Waals surface area (Å²) in [7, 11) is 4.00. The highest BCUT2D eigenvalue weighted by molar-refractivity contribution is 5.95. The van der Waals surface area contributed by atoms with Crippen molar-refractivity contribution in [3.8, 4) is 6.07 Å². The van der Waals surface area contributed by atoms with Crippen LogP contribution < -0.4 is 16.6 Å². The molecule has 1 saturated heterocycles. The minimum Gasteiger partial charge on any atom is -0.459 e. The summed E-state index contributed by atoms with van der Waals surface area (Å²) in [5.74, 6) is 0.179. The SMILES string of the molecule is CC.CN(C)CCCn1c(=O)c(C#N)c(N2CCN(C(=O)c3ccco3)CC2)c2ccccc21.N. The van der Waals surface area contributed by atoms with E-state index in [1.807, 2.05) is 52.2 Å². The molecule has 0 saturated carbocycles. The number of carbonyl (C=O) groups is 1. The monoisotopic (exact) mass is 480 g/mol. The Balaban J connectivity index is 0.00000140. The number of aryl methyl sites for hydroxylation is 1. The highest BCUT2D eigenvalue weighted by atomic mass is 16.3. The molecule has 0 spiro atoms. The number of hydrogen-bond donors (Lipinski definition) is 1. The summed E-state index contributed by atoms with van der Waals surface area (Å²) in [6.45, 7) is 7.47. The second-order valence-corrected chi connectivity index (χ2v) is 8.22. The number of aromatic nitrogens is 1. The predicted octanol–water partition coefficient (Wildman–Crippen LogP) is 3.57.